The van der Waals surface area contributed by atoms with E-state index in [-0.39, 0.29) is 0 Å². The van der Waals surface area contributed by atoms with Crippen molar-refractivity contribution >= 4 is 5.69 Å². The Hall–Kier alpha value is -1.50. The Morgan fingerprint density at radius 1 is 1.15 bits per heavy atom. The molecular formula is C12H15N. The summed E-state index contributed by atoms with van der Waals surface area (Å²) in [4.78, 5) is 2.03. The summed E-state index contributed by atoms with van der Waals surface area (Å²) in [6.45, 7) is 9.78. The van der Waals surface area contributed by atoms with Gasteiger partial charge in [0.15, 0.2) is 0 Å². The van der Waals surface area contributed by atoms with Gasteiger partial charge in [-0.1, -0.05) is 31.4 Å². The maximum Gasteiger partial charge on any atom is 0.0407 e. The topological polar surface area (TPSA) is 3.24 Å². The number of hydrogen-bond acceptors (Lipinski definition) is 1. The fraction of sp³-hybridized carbons (Fsp3) is 0.167. The number of anilines is 1. The van der Waals surface area contributed by atoms with Crippen molar-refractivity contribution in [1.29, 1.82) is 0 Å². The number of nitrogens with zero attached hydrogens (tertiary/aromatic N) is 1. The van der Waals surface area contributed by atoms with E-state index in [1.807, 2.05) is 49.2 Å². The molecule has 0 fully saturated rings. The van der Waals surface area contributed by atoms with Gasteiger partial charge in [0, 0.05) is 18.4 Å². The van der Waals surface area contributed by atoms with Crippen molar-refractivity contribution in [2.24, 2.45) is 0 Å². The molecule has 0 unspecified atom stereocenters. The molecule has 1 heteroatoms. The largest absolute Gasteiger partial charge is 0.345 e. The monoisotopic (exact) mass is 173 g/mol. The maximum atomic E-state index is 3.96. The van der Waals surface area contributed by atoms with E-state index >= 15 is 0 Å². The fourth-order valence-corrected chi connectivity index (χ4v) is 1.09. The molecule has 0 N–H and O–H groups in total. The lowest BCUT2D eigenvalue weighted by Gasteiger charge is -2.21. The zero-order chi connectivity index (χ0) is 9.84. The van der Waals surface area contributed by atoms with E-state index in [9.17, 15) is 0 Å². The molecule has 1 nitrogen and oxygen atoms in total. The van der Waals surface area contributed by atoms with Gasteiger partial charge >= 0.3 is 0 Å². The van der Waals surface area contributed by atoms with Crippen LogP contribution >= 0.6 is 0 Å². The standard InChI is InChI=1S/C12H15N/c1-10(2)11(3)13(4)12-8-6-5-7-9-12/h5-9H,1,3H2,2,4H3. The van der Waals surface area contributed by atoms with Crippen LogP contribution in [0.15, 0.2) is 54.8 Å². The normalized spacial score (nSPS) is 9.38. The quantitative estimate of drug-likeness (QED) is 0.634. The van der Waals surface area contributed by atoms with E-state index in [2.05, 4.69) is 13.2 Å². The van der Waals surface area contributed by atoms with Crippen molar-refractivity contribution in [3.05, 3.63) is 54.8 Å². The van der Waals surface area contributed by atoms with Crippen LogP contribution in [0.1, 0.15) is 6.92 Å². The van der Waals surface area contributed by atoms with E-state index in [0.29, 0.717) is 0 Å². The van der Waals surface area contributed by atoms with E-state index < -0.39 is 0 Å². The summed E-state index contributed by atoms with van der Waals surface area (Å²) in [7, 11) is 1.99. The molecule has 0 saturated heterocycles. The number of para-hydroxylation sites is 1. The summed E-state index contributed by atoms with van der Waals surface area (Å²) in [6, 6.07) is 10.1. The fourth-order valence-electron chi connectivity index (χ4n) is 1.09. The van der Waals surface area contributed by atoms with Crippen LogP contribution in [0.5, 0.6) is 0 Å². The lowest BCUT2D eigenvalue weighted by molar-refractivity contribution is 1.11. The molecule has 0 spiro atoms. The number of rotatable bonds is 3. The lowest BCUT2D eigenvalue weighted by Crippen LogP contribution is -2.15. The second kappa shape index (κ2) is 3.94. The molecule has 0 aliphatic heterocycles. The number of allylic oxidation sites excluding steroid dienone is 1. The minimum absolute atomic E-state index is 0.950. The highest BCUT2D eigenvalue weighted by molar-refractivity contribution is 5.54. The van der Waals surface area contributed by atoms with Crippen molar-refractivity contribution in [2.75, 3.05) is 11.9 Å². The summed E-state index contributed by atoms with van der Waals surface area (Å²) >= 11 is 0. The van der Waals surface area contributed by atoms with Gasteiger partial charge in [0.1, 0.15) is 0 Å². The molecule has 13 heavy (non-hydrogen) atoms. The van der Waals surface area contributed by atoms with Gasteiger partial charge in [0.05, 0.1) is 0 Å². The third-order valence-corrected chi connectivity index (χ3v) is 2.04. The molecule has 0 atom stereocenters. The van der Waals surface area contributed by atoms with Gasteiger partial charge in [-0.3, -0.25) is 0 Å². The molecule has 68 valence electrons. The smallest absolute Gasteiger partial charge is 0.0407 e. The highest BCUT2D eigenvalue weighted by Gasteiger charge is 2.03. The molecule has 1 aromatic rings. The number of hydrogen-bond donors (Lipinski definition) is 0. The number of benzene rings is 1. The molecule has 0 aromatic heterocycles. The van der Waals surface area contributed by atoms with Gasteiger partial charge in [0.25, 0.3) is 0 Å². The first-order valence-electron chi connectivity index (χ1n) is 4.26. The first-order valence-corrected chi connectivity index (χ1v) is 4.26. The van der Waals surface area contributed by atoms with Gasteiger partial charge in [-0.25, -0.2) is 0 Å². The molecule has 0 heterocycles. The van der Waals surface area contributed by atoms with E-state index in [4.69, 9.17) is 0 Å². The van der Waals surface area contributed by atoms with Crippen LogP contribution in [0.4, 0.5) is 5.69 Å². The summed E-state index contributed by atoms with van der Waals surface area (Å²) in [5.74, 6) is 0. The Morgan fingerprint density at radius 2 is 1.69 bits per heavy atom. The van der Waals surface area contributed by atoms with Gasteiger partial charge < -0.3 is 4.90 Å². The molecule has 1 rings (SSSR count). The van der Waals surface area contributed by atoms with E-state index in [1.54, 1.807) is 0 Å². The Balaban J connectivity index is 2.86. The van der Waals surface area contributed by atoms with Crippen LogP contribution in [0, 0.1) is 0 Å². The number of likely N-dealkylation sites (N-methyl/N-ethyl adjacent to an activating group) is 1. The third kappa shape index (κ3) is 2.22. The highest BCUT2D eigenvalue weighted by atomic mass is 15.1. The van der Waals surface area contributed by atoms with Crippen LogP contribution in [0.25, 0.3) is 0 Å². The van der Waals surface area contributed by atoms with Crippen LogP contribution in [-0.4, -0.2) is 7.05 Å². The summed E-state index contributed by atoms with van der Waals surface area (Å²) in [6.07, 6.45) is 0. The van der Waals surface area contributed by atoms with Crippen LogP contribution in [0.2, 0.25) is 0 Å². The van der Waals surface area contributed by atoms with Crippen molar-refractivity contribution in [3.63, 3.8) is 0 Å². The third-order valence-electron chi connectivity index (χ3n) is 2.04. The maximum absolute atomic E-state index is 3.96. The predicted octanol–water partition coefficient (Wildman–Crippen LogP) is 3.21. The molecular weight excluding hydrogens is 158 g/mol. The van der Waals surface area contributed by atoms with Crippen molar-refractivity contribution in [1.82, 2.24) is 0 Å². The second-order valence-electron chi connectivity index (χ2n) is 3.12. The molecule has 0 aliphatic rings. The van der Waals surface area contributed by atoms with Crippen LogP contribution in [-0.2, 0) is 0 Å². The average Bonchev–Trinajstić information content (AvgIpc) is 2.17. The summed E-state index contributed by atoms with van der Waals surface area (Å²) in [5, 5.41) is 0. The van der Waals surface area contributed by atoms with Gasteiger partial charge in [-0.15, -0.1) is 0 Å². The van der Waals surface area contributed by atoms with Gasteiger partial charge in [0.2, 0.25) is 0 Å². The zero-order valence-electron chi connectivity index (χ0n) is 8.25. The van der Waals surface area contributed by atoms with Crippen molar-refractivity contribution in [3.8, 4) is 0 Å². The van der Waals surface area contributed by atoms with Crippen molar-refractivity contribution < 1.29 is 0 Å². The Labute approximate surface area is 80.0 Å². The molecule has 0 bridgehead atoms. The van der Waals surface area contributed by atoms with Crippen LogP contribution in [0.3, 0.4) is 0 Å². The van der Waals surface area contributed by atoms with E-state index in [0.717, 1.165) is 17.0 Å². The molecule has 0 amide bonds. The van der Waals surface area contributed by atoms with Gasteiger partial charge in [-0.2, -0.15) is 0 Å². The molecule has 0 radical (unpaired) electrons. The van der Waals surface area contributed by atoms with Crippen molar-refractivity contribution in [2.45, 2.75) is 6.92 Å². The molecule has 0 saturated carbocycles. The molecule has 0 aliphatic carbocycles. The minimum Gasteiger partial charge on any atom is -0.345 e. The Bertz CT molecular complexity index is 311. The highest BCUT2D eigenvalue weighted by Crippen LogP contribution is 2.18. The molecule has 1 aromatic carbocycles. The minimum atomic E-state index is 0.950. The first-order chi connectivity index (χ1) is 6.13. The van der Waals surface area contributed by atoms with Gasteiger partial charge in [-0.05, 0) is 24.6 Å². The summed E-state index contributed by atoms with van der Waals surface area (Å²) < 4.78 is 0. The Kier molecular flexibility index (Phi) is 2.91. The zero-order valence-corrected chi connectivity index (χ0v) is 8.25. The second-order valence-corrected chi connectivity index (χ2v) is 3.12. The van der Waals surface area contributed by atoms with Crippen LogP contribution < -0.4 is 4.90 Å². The summed E-state index contributed by atoms with van der Waals surface area (Å²) in [5.41, 5.74) is 3.08. The Morgan fingerprint density at radius 3 is 2.15 bits per heavy atom. The van der Waals surface area contributed by atoms with E-state index in [1.165, 1.54) is 0 Å². The lowest BCUT2D eigenvalue weighted by atomic mass is 10.2. The SMILES string of the molecule is C=C(C)C(=C)N(C)c1ccccc1. The average molecular weight is 173 g/mol. The first kappa shape index (κ1) is 9.59. The predicted molar refractivity (Wildman–Crippen MR) is 58.8 cm³/mol.